The summed E-state index contributed by atoms with van der Waals surface area (Å²) in [6, 6.07) is 19.9. The molecular formula is C29H32O5. The van der Waals surface area contributed by atoms with Crippen LogP contribution < -0.4 is 0 Å². The van der Waals surface area contributed by atoms with Crippen molar-refractivity contribution >= 4 is 11.8 Å². The number of ether oxygens (including phenoxy) is 3. The lowest BCUT2D eigenvalue weighted by Gasteiger charge is -2.47. The second kappa shape index (κ2) is 8.17. The Balaban J connectivity index is 1.47. The van der Waals surface area contributed by atoms with Crippen molar-refractivity contribution in [2.75, 3.05) is 13.2 Å². The summed E-state index contributed by atoms with van der Waals surface area (Å²) >= 11 is 0. The Morgan fingerprint density at radius 2 is 1.44 bits per heavy atom. The van der Waals surface area contributed by atoms with E-state index in [1.165, 1.54) is 0 Å². The van der Waals surface area contributed by atoms with Crippen LogP contribution in [0.4, 0.5) is 0 Å². The quantitative estimate of drug-likeness (QED) is 0.408. The van der Waals surface area contributed by atoms with Gasteiger partial charge in [-0.1, -0.05) is 79.7 Å². The number of hydrogen-bond acceptors (Lipinski definition) is 5. The van der Waals surface area contributed by atoms with Gasteiger partial charge in [0.1, 0.15) is 11.0 Å². The van der Waals surface area contributed by atoms with Crippen molar-refractivity contribution in [3.05, 3.63) is 83.9 Å². The highest BCUT2D eigenvalue weighted by molar-refractivity contribution is 6.04. The maximum atomic E-state index is 14.3. The third-order valence-corrected chi connectivity index (χ3v) is 8.77. The molecule has 0 N–H and O–H groups in total. The molecule has 0 unspecified atom stereocenters. The van der Waals surface area contributed by atoms with Crippen molar-refractivity contribution in [2.45, 2.75) is 51.9 Å². The molecule has 0 radical (unpaired) electrons. The highest BCUT2D eigenvalue weighted by atomic mass is 16.6. The summed E-state index contributed by atoms with van der Waals surface area (Å²) in [6.07, 6.45) is 1.32. The van der Waals surface area contributed by atoms with Gasteiger partial charge in [-0.25, -0.2) is 0 Å². The Hall–Kier alpha value is -2.76. The van der Waals surface area contributed by atoms with Crippen LogP contribution in [0.1, 0.15) is 44.2 Å². The molecule has 2 aromatic carbocycles. The van der Waals surface area contributed by atoms with Crippen LogP contribution in [0.5, 0.6) is 0 Å². The maximum absolute atomic E-state index is 14.3. The van der Waals surface area contributed by atoms with E-state index in [1.54, 1.807) is 0 Å². The van der Waals surface area contributed by atoms with E-state index in [1.807, 2.05) is 74.5 Å². The van der Waals surface area contributed by atoms with E-state index in [2.05, 4.69) is 6.58 Å². The van der Waals surface area contributed by atoms with Gasteiger partial charge in [0.15, 0.2) is 5.78 Å². The van der Waals surface area contributed by atoms with Gasteiger partial charge in [0.2, 0.25) is 0 Å². The van der Waals surface area contributed by atoms with Crippen LogP contribution in [-0.2, 0) is 37.0 Å². The van der Waals surface area contributed by atoms with Crippen LogP contribution in [0.25, 0.3) is 0 Å². The predicted octanol–water partition coefficient (Wildman–Crippen LogP) is 5.04. The van der Waals surface area contributed by atoms with Gasteiger partial charge in [-0.3, -0.25) is 9.59 Å². The Kier molecular flexibility index (Phi) is 5.53. The lowest BCUT2D eigenvalue weighted by Crippen LogP contribution is -2.56. The molecule has 0 amide bonds. The number of esters is 1. The molecule has 4 atom stereocenters. The summed E-state index contributed by atoms with van der Waals surface area (Å²) in [5.41, 5.74) is -0.709. The van der Waals surface area contributed by atoms with Crippen LogP contribution in [0.15, 0.2) is 72.8 Å². The molecule has 5 rings (SSSR count). The number of hydrogen-bond donors (Lipinski definition) is 0. The molecule has 2 aliphatic carbocycles. The normalized spacial score (nSPS) is 34.2. The molecule has 5 heteroatoms. The molecule has 0 aromatic heterocycles. The molecule has 5 nitrogen and oxygen atoms in total. The third-order valence-electron chi connectivity index (χ3n) is 8.77. The number of rotatable bonds is 8. The Labute approximate surface area is 201 Å². The van der Waals surface area contributed by atoms with Gasteiger partial charge in [-0.05, 0) is 30.9 Å². The molecule has 3 aliphatic rings. The molecule has 3 fully saturated rings. The summed E-state index contributed by atoms with van der Waals surface area (Å²) in [5, 5.41) is 0. The fourth-order valence-electron chi connectivity index (χ4n) is 6.74. The van der Waals surface area contributed by atoms with Gasteiger partial charge in [-0.15, -0.1) is 0 Å². The molecule has 1 saturated heterocycles. The van der Waals surface area contributed by atoms with E-state index in [4.69, 9.17) is 14.2 Å². The predicted molar refractivity (Wildman–Crippen MR) is 128 cm³/mol. The standard InChI is InChI=1S/C29H32O5/c1-21-14-15-29-27(3,20-33-18-23-12-8-5-9-13-23)26(2,19-32-17-22-10-6-4-7-11-22)25(31)28(21,29)16-24(30)34-29/h4-13H,1,14-20H2,2-3H3/t26-,27-,28+,29+/m1/s1. The Morgan fingerprint density at radius 3 is 2.03 bits per heavy atom. The average Bonchev–Trinajstić information content (AvgIpc) is 3.34. The highest BCUT2D eigenvalue weighted by Gasteiger charge is 2.86. The smallest absolute Gasteiger partial charge is 0.307 e. The van der Waals surface area contributed by atoms with Gasteiger partial charge in [0, 0.05) is 5.41 Å². The first-order chi connectivity index (χ1) is 16.3. The summed E-state index contributed by atoms with van der Waals surface area (Å²) in [4.78, 5) is 27.0. The van der Waals surface area contributed by atoms with Crippen molar-refractivity contribution in [2.24, 2.45) is 16.2 Å². The number of Topliss-reactive ketones (excluding diaryl/α,β-unsaturated/α-hetero) is 1. The molecular weight excluding hydrogens is 428 g/mol. The minimum Gasteiger partial charge on any atom is -0.457 e. The van der Waals surface area contributed by atoms with Crippen molar-refractivity contribution in [3.63, 3.8) is 0 Å². The zero-order valence-corrected chi connectivity index (χ0v) is 20.0. The molecule has 2 aromatic rings. The zero-order valence-electron chi connectivity index (χ0n) is 20.0. The lowest BCUT2D eigenvalue weighted by molar-refractivity contribution is -0.186. The zero-order chi connectivity index (χ0) is 24.0. The van der Waals surface area contributed by atoms with Crippen LogP contribution in [0, 0.1) is 16.2 Å². The fourth-order valence-corrected chi connectivity index (χ4v) is 6.74. The van der Waals surface area contributed by atoms with Gasteiger partial charge in [-0.2, -0.15) is 0 Å². The average molecular weight is 461 g/mol. The van der Waals surface area contributed by atoms with Gasteiger partial charge in [0.25, 0.3) is 0 Å². The van der Waals surface area contributed by atoms with Crippen molar-refractivity contribution in [3.8, 4) is 0 Å². The van der Waals surface area contributed by atoms with E-state index in [0.29, 0.717) is 26.1 Å². The van der Waals surface area contributed by atoms with Crippen LogP contribution in [-0.4, -0.2) is 30.6 Å². The monoisotopic (exact) mass is 460 g/mol. The summed E-state index contributed by atoms with van der Waals surface area (Å²) in [5.74, 6) is -0.317. The SMILES string of the molecule is C=C1CC[C@@]23OC(=O)C[C@@]12C(=O)[C@@](C)(COCc1ccccc1)[C@@]3(C)COCc1ccccc1. The van der Waals surface area contributed by atoms with Gasteiger partial charge >= 0.3 is 5.97 Å². The number of benzene rings is 2. The second-order valence-electron chi connectivity index (χ2n) is 10.4. The van der Waals surface area contributed by atoms with Gasteiger partial charge in [0.05, 0.1) is 38.3 Å². The lowest BCUT2D eigenvalue weighted by atomic mass is 9.61. The third kappa shape index (κ3) is 2.99. The highest BCUT2D eigenvalue weighted by Crippen LogP contribution is 2.76. The van der Waals surface area contributed by atoms with E-state index >= 15 is 0 Å². The maximum Gasteiger partial charge on any atom is 0.307 e. The number of carbonyl (C=O) groups is 2. The Morgan fingerprint density at radius 1 is 0.882 bits per heavy atom. The van der Waals surface area contributed by atoms with E-state index in [0.717, 1.165) is 16.7 Å². The first kappa shape index (κ1) is 23.0. The summed E-state index contributed by atoms with van der Waals surface area (Å²) < 4.78 is 18.6. The minimum absolute atomic E-state index is 0.00669. The molecule has 178 valence electrons. The van der Waals surface area contributed by atoms with E-state index in [9.17, 15) is 9.59 Å². The second-order valence-corrected chi connectivity index (χ2v) is 10.4. The van der Waals surface area contributed by atoms with Crippen LogP contribution >= 0.6 is 0 Å². The van der Waals surface area contributed by atoms with E-state index in [-0.39, 0.29) is 31.4 Å². The largest absolute Gasteiger partial charge is 0.457 e. The summed E-state index contributed by atoms with van der Waals surface area (Å²) in [7, 11) is 0. The topological polar surface area (TPSA) is 61.8 Å². The summed E-state index contributed by atoms with van der Waals surface area (Å²) in [6.45, 7) is 9.59. The van der Waals surface area contributed by atoms with Crippen molar-refractivity contribution in [1.29, 1.82) is 0 Å². The van der Waals surface area contributed by atoms with Crippen molar-refractivity contribution in [1.82, 2.24) is 0 Å². The first-order valence-electron chi connectivity index (χ1n) is 12.0. The molecule has 34 heavy (non-hydrogen) atoms. The molecule has 1 heterocycles. The van der Waals surface area contributed by atoms with E-state index < -0.39 is 21.8 Å². The van der Waals surface area contributed by atoms with Crippen molar-refractivity contribution < 1.29 is 23.8 Å². The van der Waals surface area contributed by atoms with Crippen LogP contribution in [0.2, 0.25) is 0 Å². The fraction of sp³-hybridized carbons (Fsp3) is 0.448. The number of ketones is 1. The van der Waals surface area contributed by atoms with Crippen LogP contribution in [0.3, 0.4) is 0 Å². The first-order valence-corrected chi connectivity index (χ1v) is 12.0. The molecule has 0 bridgehead atoms. The molecule has 1 aliphatic heterocycles. The Bertz CT molecular complexity index is 1110. The minimum atomic E-state index is -1.00. The van der Waals surface area contributed by atoms with Gasteiger partial charge < -0.3 is 14.2 Å². The number of carbonyl (C=O) groups excluding carboxylic acids is 2. The molecule has 2 saturated carbocycles. The molecule has 0 spiro atoms.